The fourth-order valence-corrected chi connectivity index (χ4v) is 3.85. The molecule has 1 aliphatic carbocycles. The quantitative estimate of drug-likeness (QED) is 0.426. The van der Waals surface area contributed by atoms with Crippen molar-refractivity contribution in [1.82, 2.24) is 9.47 Å². The number of hydrogen-bond acceptors (Lipinski definition) is 4. The van der Waals surface area contributed by atoms with Crippen molar-refractivity contribution in [1.29, 1.82) is 0 Å². The van der Waals surface area contributed by atoms with E-state index in [2.05, 4.69) is 6.58 Å². The van der Waals surface area contributed by atoms with Crippen molar-refractivity contribution in [3.8, 4) is 0 Å². The molecule has 142 valence electrons. The third-order valence-corrected chi connectivity index (χ3v) is 5.29. The number of esters is 1. The van der Waals surface area contributed by atoms with Gasteiger partial charge in [0.25, 0.3) is 0 Å². The molecule has 0 atom stereocenters. The zero-order chi connectivity index (χ0) is 19.4. The van der Waals surface area contributed by atoms with E-state index < -0.39 is 5.97 Å². The summed E-state index contributed by atoms with van der Waals surface area (Å²) in [6.07, 6.45) is 5.54. The van der Waals surface area contributed by atoms with Gasteiger partial charge in [-0.15, -0.1) is 6.58 Å². The number of hydrogen-bond donors (Lipinski definition) is 0. The molecule has 6 nitrogen and oxygen atoms in total. The lowest BCUT2D eigenvalue weighted by molar-refractivity contribution is -0.134. The Morgan fingerprint density at radius 2 is 1.88 bits per heavy atom. The molecular weight excluding hydrogens is 332 g/mol. The first kappa shape index (κ1) is 19.9. The fourth-order valence-electron chi connectivity index (χ4n) is 3.85. The Bertz CT molecular complexity index is 727. The van der Waals surface area contributed by atoms with Gasteiger partial charge in [0.1, 0.15) is 5.69 Å². The van der Waals surface area contributed by atoms with Crippen molar-refractivity contribution in [2.24, 2.45) is 13.0 Å². The van der Waals surface area contributed by atoms with Gasteiger partial charge in [-0.3, -0.25) is 9.59 Å². The largest absolute Gasteiger partial charge is 0.464 e. The Labute approximate surface area is 154 Å². The first-order valence-electron chi connectivity index (χ1n) is 9.00. The smallest absolute Gasteiger partial charge is 0.354 e. The van der Waals surface area contributed by atoms with Gasteiger partial charge >= 0.3 is 5.97 Å². The predicted octanol–water partition coefficient (Wildman–Crippen LogP) is 2.82. The van der Waals surface area contributed by atoms with Crippen molar-refractivity contribution in [3.05, 3.63) is 35.2 Å². The molecule has 0 saturated heterocycles. The molecule has 1 fully saturated rings. The zero-order valence-corrected chi connectivity index (χ0v) is 16.1. The van der Waals surface area contributed by atoms with Gasteiger partial charge in [0.15, 0.2) is 5.78 Å². The van der Waals surface area contributed by atoms with Crippen LogP contribution in [0.2, 0.25) is 0 Å². The molecule has 1 aromatic heterocycles. The van der Waals surface area contributed by atoms with E-state index in [9.17, 15) is 14.4 Å². The maximum absolute atomic E-state index is 13.0. The molecule has 0 radical (unpaired) electrons. The molecule has 1 aromatic rings. The lowest BCUT2D eigenvalue weighted by atomic mass is 10.0. The number of ketones is 1. The Morgan fingerprint density at radius 1 is 1.27 bits per heavy atom. The lowest BCUT2D eigenvalue weighted by Crippen LogP contribution is -2.39. The van der Waals surface area contributed by atoms with Gasteiger partial charge in [-0.1, -0.05) is 18.9 Å². The average Bonchev–Trinajstić information content (AvgIpc) is 3.21. The molecule has 0 N–H and O–H groups in total. The highest BCUT2D eigenvalue weighted by molar-refractivity contribution is 6.04. The van der Waals surface area contributed by atoms with E-state index in [1.165, 1.54) is 7.11 Å². The summed E-state index contributed by atoms with van der Waals surface area (Å²) in [6.45, 7) is 7.58. The van der Waals surface area contributed by atoms with E-state index in [1.54, 1.807) is 36.4 Å². The topological polar surface area (TPSA) is 68.6 Å². The SMILES string of the molecule is C=CCN(CC(=O)c1c(C)c(C(=O)OC)n(C)c1C)C(=O)C1CCCC1. The van der Waals surface area contributed by atoms with Crippen molar-refractivity contribution >= 4 is 17.7 Å². The van der Waals surface area contributed by atoms with Gasteiger partial charge in [-0.2, -0.15) is 0 Å². The van der Waals surface area contributed by atoms with Gasteiger partial charge in [-0.05, 0) is 32.3 Å². The monoisotopic (exact) mass is 360 g/mol. The van der Waals surface area contributed by atoms with E-state index in [0.29, 0.717) is 29.1 Å². The van der Waals surface area contributed by atoms with Gasteiger partial charge in [0.05, 0.1) is 13.7 Å². The van der Waals surface area contributed by atoms with Gasteiger partial charge in [-0.25, -0.2) is 4.79 Å². The Kier molecular flexibility index (Phi) is 6.40. The van der Waals surface area contributed by atoms with Crippen LogP contribution >= 0.6 is 0 Å². The van der Waals surface area contributed by atoms with Crippen molar-refractivity contribution in [2.75, 3.05) is 20.2 Å². The maximum Gasteiger partial charge on any atom is 0.354 e. The first-order chi connectivity index (χ1) is 12.3. The number of aromatic nitrogens is 1. The second-order valence-corrected chi connectivity index (χ2v) is 6.90. The number of carbonyl (C=O) groups is 3. The summed E-state index contributed by atoms with van der Waals surface area (Å²) in [5.74, 6) is -0.613. The molecule has 0 aromatic carbocycles. The normalized spacial score (nSPS) is 14.3. The number of carbonyl (C=O) groups excluding carboxylic acids is 3. The van der Waals surface area contributed by atoms with Crippen molar-refractivity contribution in [2.45, 2.75) is 39.5 Å². The molecule has 1 amide bonds. The molecule has 1 saturated carbocycles. The summed E-state index contributed by atoms with van der Waals surface area (Å²) in [4.78, 5) is 39.3. The van der Waals surface area contributed by atoms with Gasteiger partial charge < -0.3 is 14.2 Å². The molecule has 1 heterocycles. The number of ether oxygens (including phenoxy) is 1. The first-order valence-corrected chi connectivity index (χ1v) is 9.00. The summed E-state index contributed by atoms with van der Waals surface area (Å²) in [7, 11) is 3.05. The third-order valence-electron chi connectivity index (χ3n) is 5.29. The number of amides is 1. The van der Waals surface area contributed by atoms with Crippen LogP contribution in [0.1, 0.15) is 57.8 Å². The van der Waals surface area contributed by atoms with Crippen LogP contribution in [0.5, 0.6) is 0 Å². The molecule has 2 rings (SSSR count). The van der Waals surface area contributed by atoms with Crippen LogP contribution in [-0.4, -0.2) is 47.3 Å². The van der Waals surface area contributed by atoms with Crippen LogP contribution < -0.4 is 0 Å². The summed E-state index contributed by atoms with van der Waals surface area (Å²) in [5.41, 5.74) is 2.14. The predicted molar refractivity (Wildman–Crippen MR) is 99.3 cm³/mol. The van der Waals surface area contributed by atoms with Crippen LogP contribution in [0.25, 0.3) is 0 Å². The standard InChI is InChI=1S/C20H28N2O4/c1-6-11-22(19(24)15-9-7-8-10-15)12-16(23)17-13(2)18(20(25)26-5)21(4)14(17)3/h6,15H,1,7-12H2,2-5H3. The Hall–Kier alpha value is -2.37. The summed E-state index contributed by atoms with van der Waals surface area (Å²) < 4.78 is 6.49. The summed E-state index contributed by atoms with van der Waals surface area (Å²) in [5, 5.41) is 0. The van der Waals surface area contributed by atoms with E-state index in [4.69, 9.17) is 4.74 Å². The second-order valence-electron chi connectivity index (χ2n) is 6.90. The molecule has 0 bridgehead atoms. The highest BCUT2D eigenvalue weighted by Gasteiger charge is 2.30. The van der Waals surface area contributed by atoms with Gasteiger partial charge in [0.2, 0.25) is 5.91 Å². The van der Waals surface area contributed by atoms with E-state index >= 15 is 0 Å². The average molecular weight is 360 g/mol. The van der Waals surface area contributed by atoms with Crippen molar-refractivity contribution < 1.29 is 19.1 Å². The van der Waals surface area contributed by atoms with Crippen LogP contribution in [0, 0.1) is 19.8 Å². The fraction of sp³-hybridized carbons (Fsp3) is 0.550. The molecule has 1 aliphatic rings. The van der Waals surface area contributed by atoms with E-state index in [-0.39, 0.29) is 24.2 Å². The van der Waals surface area contributed by atoms with Crippen LogP contribution in [0.3, 0.4) is 0 Å². The minimum Gasteiger partial charge on any atom is -0.464 e. The van der Waals surface area contributed by atoms with E-state index in [0.717, 1.165) is 25.7 Å². The molecule has 26 heavy (non-hydrogen) atoms. The summed E-state index contributed by atoms with van der Waals surface area (Å²) in [6, 6.07) is 0. The minimum absolute atomic E-state index is 0.00588. The highest BCUT2D eigenvalue weighted by atomic mass is 16.5. The molecule has 0 spiro atoms. The number of rotatable bonds is 7. The van der Waals surface area contributed by atoms with E-state index in [1.807, 2.05) is 0 Å². The maximum atomic E-state index is 13.0. The van der Waals surface area contributed by atoms with Crippen LogP contribution in [-0.2, 0) is 16.6 Å². The number of Topliss-reactive ketones (excluding diaryl/α,β-unsaturated/α-hetero) is 1. The van der Waals surface area contributed by atoms with Crippen LogP contribution in [0.4, 0.5) is 0 Å². The minimum atomic E-state index is -0.475. The van der Waals surface area contributed by atoms with Crippen LogP contribution in [0.15, 0.2) is 12.7 Å². The number of methoxy groups -OCH3 is 1. The molecular formula is C20H28N2O4. The lowest BCUT2D eigenvalue weighted by Gasteiger charge is -2.24. The summed E-state index contributed by atoms with van der Waals surface area (Å²) >= 11 is 0. The molecule has 0 unspecified atom stereocenters. The third kappa shape index (κ3) is 3.74. The highest BCUT2D eigenvalue weighted by Crippen LogP contribution is 2.27. The Balaban J connectivity index is 2.28. The Morgan fingerprint density at radius 3 is 2.42 bits per heavy atom. The number of nitrogens with zero attached hydrogens (tertiary/aromatic N) is 2. The van der Waals surface area contributed by atoms with Crippen molar-refractivity contribution in [3.63, 3.8) is 0 Å². The molecule has 6 heteroatoms. The van der Waals surface area contributed by atoms with Gasteiger partial charge in [0, 0.05) is 30.8 Å². The second kappa shape index (κ2) is 8.34. The molecule has 0 aliphatic heterocycles. The zero-order valence-electron chi connectivity index (χ0n) is 16.1.